The number of nitrogens with zero attached hydrogens (tertiary/aromatic N) is 2. The van der Waals surface area contributed by atoms with Crippen molar-refractivity contribution in [1.82, 2.24) is 9.36 Å². The van der Waals surface area contributed by atoms with Crippen LogP contribution in [-0.4, -0.2) is 15.9 Å². The van der Waals surface area contributed by atoms with Crippen LogP contribution in [0, 0.1) is 5.82 Å². The Morgan fingerprint density at radius 2 is 2.11 bits per heavy atom. The molecule has 6 heteroatoms. The fraction of sp³-hybridized carbons (Fsp3) is 0.385. The van der Waals surface area contributed by atoms with Gasteiger partial charge in [-0.25, -0.2) is 9.37 Å². The van der Waals surface area contributed by atoms with E-state index in [4.69, 9.17) is 11.5 Å². The number of benzene rings is 1. The molecule has 2 aromatic rings. The highest BCUT2D eigenvalue weighted by Gasteiger charge is 2.13. The summed E-state index contributed by atoms with van der Waals surface area (Å²) in [5.41, 5.74) is 12.0. The molecule has 1 aromatic carbocycles. The molecular formula is C13H17FN4S. The molecule has 19 heavy (non-hydrogen) atoms. The van der Waals surface area contributed by atoms with Crippen LogP contribution in [0.3, 0.4) is 0 Å². The van der Waals surface area contributed by atoms with Gasteiger partial charge in [-0.2, -0.15) is 4.37 Å². The Bertz CT molecular complexity index is 529. The van der Waals surface area contributed by atoms with Gasteiger partial charge in [0.15, 0.2) is 0 Å². The maximum atomic E-state index is 13.5. The number of nitrogens with two attached hydrogens (primary N) is 2. The van der Waals surface area contributed by atoms with Gasteiger partial charge in [-0.3, -0.25) is 0 Å². The molecule has 2 rings (SSSR count). The van der Waals surface area contributed by atoms with E-state index in [1.807, 2.05) is 0 Å². The van der Waals surface area contributed by atoms with Gasteiger partial charge in [-0.05, 0) is 42.5 Å². The van der Waals surface area contributed by atoms with E-state index in [1.54, 1.807) is 18.2 Å². The number of aromatic nitrogens is 2. The maximum Gasteiger partial charge on any atom is 0.147 e. The fourth-order valence-electron chi connectivity index (χ4n) is 1.76. The number of hydrogen-bond acceptors (Lipinski definition) is 5. The molecule has 0 aliphatic carbocycles. The van der Waals surface area contributed by atoms with Crippen molar-refractivity contribution < 1.29 is 4.39 Å². The molecule has 1 heterocycles. The van der Waals surface area contributed by atoms with Crippen molar-refractivity contribution in [3.8, 4) is 0 Å². The van der Waals surface area contributed by atoms with Gasteiger partial charge in [0.05, 0.1) is 6.04 Å². The summed E-state index contributed by atoms with van der Waals surface area (Å²) in [5.74, 6) is 0.388. The van der Waals surface area contributed by atoms with Gasteiger partial charge in [0, 0.05) is 6.42 Å². The second-order valence-corrected chi connectivity index (χ2v) is 5.14. The molecule has 0 saturated heterocycles. The first-order valence-electron chi connectivity index (χ1n) is 6.22. The van der Waals surface area contributed by atoms with Crippen LogP contribution in [0.15, 0.2) is 24.3 Å². The van der Waals surface area contributed by atoms with Crippen molar-refractivity contribution in [1.29, 1.82) is 0 Å². The van der Waals surface area contributed by atoms with E-state index >= 15 is 0 Å². The van der Waals surface area contributed by atoms with E-state index < -0.39 is 0 Å². The van der Waals surface area contributed by atoms with E-state index in [2.05, 4.69) is 9.36 Å². The third kappa shape index (κ3) is 3.79. The van der Waals surface area contributed by atoms with Crippen molar-refractivity contribution in [2.24, 2.45) is 11.5 Å². The molecule has 0 radical (unpaired) electrons. The fourth-order valence-corrected chi connectivity index (χ4v) is 2.47. The molecule has 1 aromatic heterocycles. The van der Waals surface area contributed by atoms with Crippen molar-refractivity contribution >= 4 is 11.5 Å². The van der Waals surface area contributed by atoms with E-state index in [-0.39, 0.29) is 11.9 Å². The van der Waals surface area contributed by atoms with E-state index in [9.17, 15) is 4.39 Å². The Balaban J connectivity index is 2.03. The second-order valence-electron chi connectivity index (χ2n) is 4.35. The van der Waals surface area contributed by atoms with Crippen molar-refractivity contribution in [2.45, 2.75) is 25.3 Å². The highest BCUT2D eigenvalue weighted by Crippen LogP contribution is 2.19. The molecule has 0 fully saturated rings. The summed E-state index contributed by atoms with van der Waals surface area (Å²) < 4.78 is 17.8. The first-order valence-corrected chi connectivity index (χ1v) is 6.99. The summed E-state index contributed by atoms with van der Waals surface area (Å²) in [4.78, 5) is 4.37. The monoisotopic (exact) mass is 280 g/mol. The summed E-state index contributed by atoms with van der Waals surface area (Å²) >= 11 is 1.28. The zero-order valence-electron chi connectivity index (χ0n) is 10.6. The summed E-state index contributed by atoms with van der Waals surface area (Å²) in [5, 5.41) is 0.791. The molecule has 0 saturated carbocycles. The van der Waals surface area contributed by atoms with Crippen LogP contribution in [-0.2, 0) is 6.42 Å². The smallest absolute Gasteiger partial charge is 0.147 e. The van der Waals surface area contributed by atoms with Gasteiger partial charge in [0.25, 0.3) is 0 Å². The summed E-state index contributed by atoms with van der Waals surface area (Å²) in [6.07, 6.45) is 2.06. The van der Waals surface area contributed by atoms with Gasteiger partial charge < -0.3 is 11.5 Å². The van der Waals surface area contributed by atoms with Gasteiger partial charge in [-0.15, -0.1) is 0 Å². The number of rotatable bonds is 6. The van der Waals surface area contributed by atoms with Crippen LogP contribution in [0.1, 0.15) is 35.3 Å². The van der Waals surface area contributed by atoms with Crippen LogP contribution >= 0.6 is 11.5 Å². The average molecular weight is 280 g/mol. The minimum atomic E-state index is -0.230. The van der Waals surface area contributed by atoms with Gasteiger partial charge in [0.1, 0.15) is 16.6 Å². The number of halogens is 1. The first kappa shape index (κ1) is 14.0. The minimum Gasteiger partial charge on any atom is -0.330 e. The standard InChI is InChI=1S/C13H17FN4S/c14-10-5-2-1-4-9(10)8-12-17-13(19-18-12)11(16)6-3-7-15/h1-2,4-5,11H,3,6-8,15-16H2. The molecule has 0 aliphatic rings. The van der Waals surface area contributed by atoms with Gasteiger partial charge in [0.2, 0.25) is 0 Å². The van der Waals surface area contributed by atoms with E-state index in [0.717, 1.165) is 17.8 Å². The number of hydrogen-bond donors (Lipinski definition) is 2. The summed E-state index contributed by atoms with van der Waals surface area (Å²) in [6.45, 7) is 0.620. The molecule has 1 atom stereocenters. The molecule has 0 bridgehead atoms. The molecule has 102 valence electrons. The SMILES string of the molecule is NCCCC(N)c1nc(Cc2ccccc2F)ns1. The Morgan fingerprint density at radius 3 is 2.84 bits per heavy atom. The normalized spacial score (nSPS) is 12.6. The minimum absolute atomic E-state index is 0.129. The average Bonchev–Trinajstić information content (AvgIpc) is 2.87. The Labute approximate surface area is 115 Å². The van der Waals surface area contributed by atoms with Crippen LogP contribution < -0.4 is 11.5 Å². The zero-order chi connectivity index (χ0) is 13.7. The van der Waals surface area contributed by atoms with Crippen LogP contribution in [0.25, 0.3) is 0 Å². The van der Waals surface area contributed by atoms with Crippen LogP contribution in [0.4, 0.5) is 4.39 Å². The Morgan fingerprint density at radius 1 is 1.32 bits per heavy atom. The lowest BCUT2D eigenvalue weighted by molar-refractivity contribution is 0.607. The van der Waals surface area contributed by atoms with Crippen molar-refractivity contribution in [3.05, 3.63) is 46.5 Å². The molecule has 1 unspecified atom stereocenters. The predicted octanol–water partition coefficient (Wildman–Crippen LogP) is 2.01. The molecule has 0 amide bonds. The second kappa shape index (κ2) is 6.70. The summed E-state index contributed by atoms with van der Waals surface area (Å²) in [7, 11) is 0. The highest BCUT2D eigenvalue weighted by atomic mass is 32.1. The van der Waals surface area contributed by atoms with Crippen molar-refractivity contribution in [2.75, 3.05) is 6.54 Å². The lowest BCUT2D eigenvalue weighted by atomic mass is 10.1. The molecule has 0 aliphatic heterocycles. The van der Waals surface area contributed by atoms with Crippen LogP contribution in [0.2, 0.25) is 0 Å². The highest BCUT2D eigenvalue weighted by molar-refractivity contribution is 7.05. The lowest BCUT2D eigenvalue weighted by Gasteiger charge is -2.05. The zero-order valence-corrected chi connectivity index (χ0v) is 11.4. The molecule has 4 nitrogen and oxygen atoms in total. The van der Waals surface area contributed by atoms with Gasteiger partial charge >= 0.3 is 0 Å². The molecule has 4 N–H and O–H groups in total. The quantitative estimate of drug-likeness (QED) is 0.848. The summed E-state index contributed by atoms with van der Waals surface area (Å²) in [6, 6.07) is 6.52. The third-order valence-electron chi connectivity index (χ3n) is 2.83. The van der Waals surface area contributed by atoms with E-state index in [1.165, 1.54) is 17.6 Å². The van der Waals surface area contributed by atoms with Crippen LogP contribution in [0.5, 0.6) is 0 Å². The van der Waals surface area contributed by atoms with E-state index in [0.29, 0.717) is 24.4 Å². The molecular weight excluding hydrogens is 263 g/mol. The Kier molecular flexibility index (Phi) is 4.95. The maximum absolute atomic E-state index is 13.5. The van der Waals surface area contributed by atoms with Gasteiger partial charge in [-0.1, -0.05) is 18.2 Å². The predicted molar refractivity (Wildman–Crippen MR) is 74.3 cm³/mol. The topological polar surface area (TPSA) is 77.8 Å². The molecule has 0 spiro atoms. The first-order chi connectivity index (χ1) is 9.20. The Hall–Kier alpha value is -1.37. The lowest BCUT2D eigenvalue weighted by Crippen LogP contribution is -2.12. The largest absolute Gasteiger partial charge is 0.330 e. The third-order valence-corrected chi connectivity index (χ3v) is 3.71. The van der Waals surface area contributed by atoms with Crippen molar-refractivity contribution in [3.63, 3.8) is 0 Å².